The van der Waals surface area contributed by atoms with Crippen molar-refractivity contribution in [1.82, 2.24) is 31.1 Å². The number of hydrogen-bond acceptors (Lipinski definition) is 7. The van der Waals surface area contributed by atoms with Gasteiger partial charge in [-0.25, -0.2) is 0 Å². The summed E-state index contributed by atoms with van der Waals surface area (Å²) in [6.45, 7) is 0. The van der Waals surface area contributed by atoms with Crippen molar-refractivity contribution in [3.8, 4) is 11.5 Å². The molecule has 2 saturated carbocycles. The first-order valence-electron chi connectivity index (χ1n) is 12.3. The minimum atomic E-state index is -0.106. The van der Waals surface area contributed by atoms with E-state index in [9.17, 15) is 9.59 Å². The molecular weight excluding hydrogens is 420 g/mol. The Kier molecular flexibility index (Phi) is 6.66. The Balaban J connectivity index is 1.05. The molecule has 0 spiro atoms. The van der Waals surface area contributed by atoms with Crippen molar-refractivity contribution >= 4 is 11.8 Å². The van der Waals surface area contributed by atoms with Crippen molar-refractivity contribution in [2.45, 2.75) is 88.4 Å². The maximum atomic E-state index is 12.5. The van der Waals surface area contributed by atoms with Gasteiger partial charge in [0.15, 0.2) is 0 Å². The SMILES string of the molecule is O=C(CCC1NC(=O)C2CCCCC2N1)NC1CCC(c2nnc(-c3ccncc3)o2)CC1. The molecule has 0 aromatic carbocycles. The number of aromatic nitrogens is 3. The van der Waals surface area contributed by atoms with Gasteiger partial charge in [-0.2, -0.15) is 0 Å². The van der Waals surface area contributed by atoms with Crippen molar-refractivity contribution in [2.75, 3.05) is 0 Å². The first kappa shape index (κ1) is 22.0. The smallest absolute Gasteiger partial charge is 0.247 e. The number of pyridine rings is 1. The molecule has 2 amide bonds. The van der Waals surface area contributed by atoms with Gasteiger partial charge in [0.05, 0.1) is 12.1 Å². The molecule has 2 aromatic rings. The fourth-order valence-corrected chi connectivity index (χ4v) is 5.45. The van der Waals surface area contributed by atoms with Crippen LogP contribution in [0.25, 0.3) is 11.5 Å². The number of carbonyl (C=O) groups is 2. The molecule has 1 aliphatic heterocycles. The lowest BCUT2D eigenvalue weighted by atomic mass is 9.82. The molecule has 176 valence electrons. The van der Waals surface area contributed by atoms with E-state index >= 15 is 0 Å². The molecule has 2 aromatic heterocycles. The molecule has 9 nitrogen and oxygen atoms in total. The van der Waals surface area contributed by atoms with Crippen molar-refractivity contribution in [2.24, 2.45) is 5.92 Å². The Hall–Kier alpha value is -2.81. The molecule has 3 atom stereocenters. The number of fused-ring (bicyclic) bond motifs is 1. The Morgan fingerprint density at radius 1 is 1.06 bits per heavy atom. The molecule has 1 saturated heterocycles. The number of nitrogens with zero attached hydrogens (tertiary/aromatic N) is 3. The van der Waals surface area contributed by atoms with E-state index in [2.05, 4.69) is 31.1 Å². The normalized spacial score (nSPS) is 29.7. The lowest BCUT2D eigenvalue weighted by Gasteiger charge is -2.40. The third-order valence-corrected chi connectivity index (χ3v) is 7.30. The summed E-state index contributed by atoms with van der Waals surface area (Å²) in [4.78, 5) is 28.9. The molecule has 0 bridgehead atoms. The average Bonchev–Trinajstić information content (AvgIpc) is 3.34. The highest BCUT2D eigenvalue weighted by atomic mass is 16.4. The lowest BCUT2D eigenvalue weighted by Crippen LogP contribution is -2.62. The second kappa shape index (κ2) is 9.99. The van der Waals surface area contributed by atoms with Gasteiger partial charge in [-0.15, -0.1) is 10.2 Å². The summed E-state index contributed by atoms with van der Waals surface area (Å²) in [6.07, 6.45) is 12.3. The zero-order chi connectivity index (χ0) is 22.6. The van der Waals surface area contributed by atoms with E-state index in [1.165, 1.54) is 6.42 Å². The highest BCUT2D eigenvalue weighted by Crippen LogP contribution is 2.33. The van der Waals surface area contributed by atoms with E-state index in [0.29, 0.717) is 24.6 Å². The van der Waals surface area contributed by atoms with Gasteiger partial charge in [-0.3, -0.25) is 19.9 Å². The minimum absolute atomic E-state index is 0.0537. The van der Waals surface area contributed by atoms with E-state index in [-0.39, 0.29) is 41.9 Å². The maximum absolute atomic E-state index is 12.5. The fraction of sp³-hybridized carbons (Fsp3) is 0.625. The number of hydrogen-bond donors (Lipinski definition) is 3. The Bertz CT molecular complexity index is 956. The van der Waals surface area contributed by atoms with Crippen molar-refractivity contribution in [3.63, 3.8) is 0 Å². The summed E-state index contributed by atoms with van der Waals surface area (Å²) in [6, 6.07) is 4.14. The molecule has 3 fully saturated rings. The van der Waals surface area contributed by atoms with Crippen LogP contribution in [0, 0.1) is 5.92 Å². The van der Waals surface area contributed by atoms with Crippen LogP contribution in [0.3, 0.4) is 0 Å². The van der Waals surface area contributed by atoms with Crippen LogP contribution in [-0.4, -0.2) is 45.2 Å². The van der Waals surface area contributed by atoms with Crippen LogP contribution in [0.1, 0.15) is 76.0 Å². The lowest BCUT2D eigenvalue weighted by molar-refractivity contribution is -0.131. The van der Waals surface area contributed by atoms with Crippen LogP contribution >= 0.6 is 0 Å². The minimum Gasteiger partial charge on any atom is -0.420 e. The van der Waals surface area contributed by atoms with E-state index < -0.39 is 0 Å². The van der Waals surface area contributed by atoms with Crippen LogP contribution < -0.4 is 16.0 Å². The predicted octanol–water partition coefficient (Wildman–Crippen LogP) is 2.66. The molecule has 33 heavy (non-hydrogen) atoms. The van der Waals surface area contributed by atoms with Crippen LogP contribution in [0.2, 0.25) is 0 Å². The van der Waals surface area contributed by atoms with Gasteiger partial charge in [-0.1, -0.05) is 12.8 Å². The Morgan fingerprint density at radius 3 is 2.67 bits per heavy atom. The van der Waals surface area contributed by atoms with Crippen molar-refractivity contribution < 1.29 is 14.0 Å². The molecule has 3 heterocycles. The van der Waals surface area contributed by atoms with E-state index in [1.54, 1.807) is 12.4 Å². The molecule has 5 rings (SSSR count). The first-order valence-corrected chi connectivity index (χ1v) is 12.3. The van der Waals surface area contributed by atoms with E-state index in [0.717, 1.165) is 50.5 Å². The maximum Gasteiger partial charge on any atom is 0.247 e. The van der Waals surface area contributed by atoms with Crippen molar-refractivity contribution in [3.05, 3.63) is 30.4 Å². The fourth-order valence-electron chi connectivity index (χ4n) is 5.45. The Morgan fingerprint density at radius 2 is 1.85 bits per heavy atom. The predicted molar refractivity (Wildman–Crippen MR) is 121 cm³/mol. The zero-order valence-corrected chi connectivity index (χ0v) is 18.8. The number of rotatable bonds is 6. The second-order valence-electron chi connectivity index (χ2n) is 9.56. The summed E-state index contributed by atoms with van der Waals surface area (Å²) in [5, 5.41) is 18.2. The van der Waals surface area contributed by atoms with Gasteiger partial charge in [0, 0.05) is 42.4 Å². The standard InChI is InChI=1S/C24H32N6O3/c31-21(10-9-20-27-19-4-2-1-3-18(19)22(32)28-20)26-17-7-5-15(6-8-17)23-29-30-24(33-23)16-11-13-25-14-12-16/h11-15,17-20,27H,1-10H2,(H,26,31)(H,28,32). The van der Waals surface area contributed by atoms with Crippen LogP contribution in [0.4, 0.5) is 0 Å². The van der Waals surface area contributed by atoms with Crippen molar-refractivity contribution in [1.29, 1.82) is 0 Å². The molecule has 3 N–H and O–H groups in total. The van der Waals surface area contributed by atoms with Gasteiger partial charge in [0.1, 0.15) is 0 Å². The zero-order valence-electron chi connectivity index (χ0n) is 18.8. The summed E-state index contributed by atoms with van der Waals surface area (Å²) in [5.74, 6) is 1.72. The number of amides is 2. The molecular formula is C24H32N6O3. The summed E-state index contributed by atoms with van der Waals surface area (Å²) < 4.78 is 5.90. The topological polar surface area (TPSA) is 122 Å². The third kappa shape index (κ3) is 5.24. The quantitative estimate of drug-likeness (QED) is 0.616. The van der Waals surface area contributed by atoms with Crippen LogP contribution in [-0.2, 0) is 9.59 Å². The summed E-state index contributed by atoms with van der Waals surface area (Å²) in [5.41, 5.74) is 0.868. The molecule has 9 heteroatoms. The third-order valence-electron chi connectivity index (χ3n) is 7.30. The monoisotopic (exact) mass is 452 g/mol. The van der Waals surface area contributed by atoms with Gasteiger partial charge in [-0.05, 0) is 57.1 Å². The molecule has 3 aliphatic rings. The Labute approximate surface area is 193 Å². The highest BCUT2D eigenvalue weighted by molar-refractivity contribution is 5.81. The molecule has 0 radical (unpaired) electrons. The van der Waals surface area contributed by atoms with Gasteiger partial charge in [0.2, 0.25) is 23.6 Å². The molecule has 3 unspecified atom stereocenters. The van der Waals surface area contributed by atoms with Gasteiger partial charge >= 0.3 is 0 Å². The van der Waals surface area contributed by atoms with E-state index in [1.807, 2.05) is 12.1 Å². The number of carbonyl (C=O) groups excluding carboxylic acids is 2. The van der Waals surface area contributed by atoms with Crippen LogP contribution in [0.5, 0.6) is 0 Å². The highest BCUT2D eigenvalue weighted by Gasteiger charge is 2.37. The largest absolute Gasteiger partial charge is 0.420 e. The van der Waals surface area contributed by atoms with Crippen LogP contribution in [0.15, 0.2) is 28.9 Å². The average molecular weight is 453 g/mol. The second-order valence-corrected chi connectivity index (χ2v) is 9.56. The number of nitrogens with one attached hydrogen (secondary N) is 3. The van der Waals surface area contributed by atoms with E-state index in [4.69, 9.17) is 4.42 Å². The summed E-state index contributed by atoms with van der Waals surface area (Å²) >= 11 is 0. The summed E-state index contributed by atoms with van der Waals surface area (Å²) in [7, 11) is 0. The first-order chi connectivity index (χ1) is 16.2. The molecule has 2 aliphatic carbocycles. The van der Waals surface area contributed by atoms with Gasteiger partial charge < -0.3 is 15.1 Å². The van der Waals surface area contributed by atoms with Gasteiger partial charge in [0.25, 0.3) is 0 Å².